The van der Waals surface area contributed by atoms with Crippen molar-refractivity contribution in [3.8, 4) is 0 Å². The van der Waals surface area contributed by atoms with Crippen molar-refractivity contribution in [2.45, 2.75) is 38.6 Å². The number of carbonyl (C=O) groups excluding carboxylic acids is 2. The predicted octanol–water partition coefficient (Wildman–Crippen LogP) is 2.92. The number of hydrogen-bond donors (Lipinski definition) is 1. The van der Waals surface area contributed by atoms with Crippen LogP contribution in [0, 0.1) is 5.41 Å². The van der Waals surface area contributed by atoms with Gasteiger partial charge in [0, 0.05) is 18.3 Å². The number of H-pyrrole nitrogens is 1. The molecule has 0 spiro atoms. The van der Waals surface area contributed by atoms with E-state index in [-0.39, 0.29) is 24.4 Å². The van der Waals surface area contributed by atoms with E-state index in [4.69, 9.17) is 0 Å². The SMILES string of the molecule is CC(C)(C)C(=O)CCC(=O)/C=C\Sc1ncnc2nc[nH]c12. The molecular formula is C15H18N4O2S. The van der Waals surface area contributed by atoms with Crippen LogP contribution in [0.15, 0.2) is 29.2 Å². The summed E-state index contributed by atoms with van der Waals surface area (Å²) in [5.74, 6) is 0.0249. The van der Waals surface area contributed by atoms with Crippen LogP contribution >= 0.6 is 11.8 Å². The summed E-state index contributed by atoms with van der Waals surface area (Å²) >= 11 is 1.31. The molecule has 0 aliphatic carbocycles. The van der Waals surface area contributed by atoms with Gasteiger partial charge in [-0.25, -0.2) is 15.0 Å². The minimum atomic E-state index is -0.397. The van der Waals surface area contributed by atoms with E-state index in [2.05, 4.69) is 19.9 Å². The number of Topliss-reactive ketones (excluding diaryl/α,β-unsaturated/α-hetero) is 1. The van der Waals surface area contributed by atoms with E-state index in [9.17, 15) is 9.59 Å². The Morgan fingerprint density at radius 3 is 2.73 bits per heavy atom. The second-order valence-corrected chi connectivity index (χ2v) is 6.73. The van der Waals surface area contributed by atoms with Crippen LogP contribution in [0.4, 0.5) is 0 Å². The predicted molar refractivity (Wildman–Crippen MR) is 85.4 cm³/mol. The minimum Gasteiger partial charge on any atom is -0.341 e. The number of hydrogen-bond acceptors (Lipinski definition) is 6. The summed E-state index contributed by atoms with van der Waals surface area (Å²) in [6.45, 7) is 5.57. The number of nitrogens with one attached hydrogen (secondary N) is 1. The number of ketones is 2. The van der Waals surface area contributed by atoms with Crippen molar-refractivity contribution in [2.24, 2.45) is 5.41 Å². The quantitative estimate of drug-likeness (QED) is 0.500. The van der Waals surface area contributed by atoms with Crippen molar-refractivity contribution < 1.29 is 9.59 Å². The van der Waals surface area contributed by atoms with Crippen molar-refractivity contribution in [1.82, 2.24) is 19.9 Å². The lowest BCUT2D eigenvalue weighted by Crippen LogP contribution is -2.20. The molecule has 0 aliphatic rings. The zero-order valence-corrected chi connectivity index (χ0v) is 13.6. The maximum Gasteiger partial charge on any atom is 0.181 e. The first-order valence-electron chi connectivity index (χ1n) is 6.91. The molecule has 0 amide bonds. The zero-order chi connectivity index (χ0) is 16.2. The second kappa shape index (κ2) is 6.83. The maximum atomic E-state index is 11.8. The molecule has 0 bridgehead atoms. The molecule has 2 heterocycles. The number of aromatic nitrogens is 4. The molecule has 7 heteroatoms. The highest BCUT2D eigenvalue weighted by Crippen LogP contribution is 2.23. The summed E-state index contributed by atoms with van der Waals surface area (Å²) in [7, 11) is 0. The lowest BCUT2D eigenvalue weighted by atomic mass is 9.88. The number of fused-ring (bicyclic) bond motifs is 1. The molecule has 0 fully saturated rings. The smallest absolute Gasteiger partial charge is 0.181 e. The summed E-state index contributed by atoms with van der Waals surface area (Å²) in [5.41, 5.74) is 0.937. The highest BCUT2D eigenvalue weighted by atomic mass is 32.2. The highest BCUT2D eigenvalue weighted by molar-refractivity contribution is 8.02. The topological polar surface area (TPSA) is 88.6 Å². The lowest BCUT2D eigenvalue weighted by molar-refractivity contribution is -0.128. The van der Waals surface area contributed by atoms with Gasteiger partial charge >= 0.3 is 0 Å². The summed E-state index contributed by atoms with van der Waals surface area (Å²) in [4.78, 5) is 38.7. The molecule has 0 saturated heterocycles. The third kappa shape index (κ3) is 4.24. The standard InChI is InChI=1S/C15H18N4O2S/c1-15(2,3)11(21)5-4-10(20)6-7-22-14-12-13(17-8-16-12)18-9-19-14/h6-9H,4-5H2,1-3H3,(H,16,17,18,19)/b7-6-. The molecule has 0 radical (unpaired) electrons. The summed E-state index contributed by atoms with van der Waals surface area (Å²) in [6, 6.07) is 0. The fraction of sp³-hybridized carbons (Fsp3) is 0.400. The van der Waals surface area contributed by atoms with E-state index in [1.54, 1.807) is 11.7 Å². The van der Waals surface area contributed by atoms with Crippen molar-refractivity contribution in [3.63, 3.8) is 0 Å². The molecule has 0 unspecified atom stereocenters. The number of imidazole rings is 1. The van der Waals surface area contributed by atoms with Gasteiger partial charge in [0.25, 0.3) is 0 Å². The largest absolute Gasteiger partial charge is 0.341 e. The lowest BCUT2D eigenvalue weighted by Gasteiger charge is -2.15. The normalized spacial score (nSPS) is 12.1. The molecule has 116 valence electrons. The van der Waals surface area contributed by atoms with E-state index in [0.29, 0.717) is 10.7 Å². The van der Waals surface area contributed by atoms with E-state index < -0.39 is 5.41 Å². The summed E-state index contributed by atoms with van der Waals surface area (Å²) < 4.78 is 0. The Labute approximate surface area is 132 Å². The Hall–Kier alpha value is -2.02. The molecule has 0 atom stereocenters. The molecule has 2 rings (SSSR count). The molecule has 1 N–H and O–H groups in total. The van der Waals surface area contributed by atoms with E-state index in [1.165, 1.54) is 24.2 Å². The first-order chi connectivity index (χ1) is 10.4. The van der Waals surface area contributed by atoms with Crippen LogP contribution in [0.1, 0.15) is 33.6 Å². The number of thioether (sulfide) groups is 1. The van der Waals surface area contributed by atoms with Crippen LogP contribution in [0.2, 0.25) is 0 Å². The minimum absolute atomic E-state index is 0.0694. The summed E-state index contributed by atoms with van der Waals surface area (Å²) in [5, 5.41) is 2.38. The molecule has 2 aromatic rings. The van der Waals surface area contributed by atoms with Crippen LogP contribution in [0.3, 0.4) is 0 Å². The van der Waals surface area contributed by atoms with E-state index >= 15 is 0 Å². The average molecular weight is 318 g/mol. The van der Waals surface area contributed by atoms with Gasteiger partial charge in [-0.05, 0) is 11.5 Å². The molecule has 22 heavy (non-hydrogen) atoms. The first kappa shape index (κ1) is 16.4. The Morgan fingerprint density at radius 2 is 2.00 bits per heavy atom. The van der Waals surface area contributed by atoms with Crippen molar-refractivity contribution in [2.75, 3.05) is 0 Å². The second-order valence-electron chi connectivity index (χ2n) is 5.84. The van der Waals surface area contributed by atoms with Gasteiger partial charge in [0.1, 0.15) is 22.7 Å². The van der Waals surface area contributed by atoms with Crippen LogP contribution in [-0.4, -0.2) is 31.5 Å². The van der Waals surface area contributed by atoms with Crippen LogP contribution in [-0.2, 0) is 9.59 Å². The van der Waals surface area contributed by atoms with Gasteiger partial charge in [-0.3, -0.25) is 9.59 Å². The summed E-state index contributed by atoms with van der Waals surface area (Å²) in [6.07, 6.45) is 4.97. The van der Waals surface area contributed by atoms with Gasteiger partial charge in [-0.1, -0.05) is 32.5 Å². The van der Waals surface area contributed by atoms with Gasteiger partial charge in [-0.2, -0.15) is 0 Å². The van der Waals surface area contributed by atoms with Crippen molar-refractivity contribution in [1.29, 1.82) is 0 Å². The fourth-order valence-electron chi connectivity index (χ4n) is 1.70. The Morgan fingerprint density at radius 1 is 1.23 bits per heavy atom. The Kier molecular flexibility index (Phi) is 5.07. The molecule has 0 aromatic carbocycles. The van der Waals surface area contributed by atoms with Crippen LogP contribution in [0.5, 0.6) is 0 Å². The number of aromatic amines is 1. The fourth-order valence-corrected chi connectivity index (χ4v) is 2.43. The Balaban J connectivity index is 1.89. The number of allylic oxidation sites excluding steroid dienone is 1. The third-order valence-corrected chi connectivity index (χ3v) is 3.86. The van der Waals surface area contributed by atoms with Crippen molar-refractivity contribution >= 4 is 34.5 Å². The van der Waals surface area contributed by atoms with Crippen LogP contribution in [0.25, 0.3) is 11.2 Å². The average Bonchev–Trinajstić information content (AvgIpc) is 2.93. The number of rotatable bonds is 6. The maximum absolute atomic E-state index is 11.8. The monoisotopic (exact) mass is 318 g/mol. The molecular weight excluding hydrogens is 300 g/mol. The first-order valence-corrected chi connectivity index (χ1v) is 7.79. The molecule has 0 saturated carbocycles. The van der Waals surface area contributed by atoms with Gasteiger partial charge in [0.15, 0.2) is 11.4 Å². The molecule has 2 aromatic heterocycles. The number of carbonyl (C=O) groups is 2. The highest BCUT2D eigenvalue weighted by Gasteiger charge is 2.20. The van der Waals surface area contributed by atoms with Crippen molar-refractivity contribution in [3.05, 3.63) is 24.1 Å². The molecule has 0 aliphatic heterocycles. The van der Waals surface area contributed by atoms with Gasteiger partial charge in [0.2, 0.25) is 0 Å². The van der Waals surface area contributed by atoms with Gasteiger partial charge in [-0.15, -0.1) is 0 Å². The van der Waals surface area contributed by atoms with Crippen LogP contribution < -0.4 is 0 Å². The molecule has 6 nitrogen and oxygen atoms in total. The number of nitrogens with zero attached hydrogens (tertiary/aromatic N) is 3. The van der Waals surface area contributed by atoms with Gasteiger partial charge in [0.05, 0.1) is 6.33 Å². The zero-order valence-electron chi connectivity index (χ0n) is 12.8. The Bertz CT molecular complexity index is 716. The van der Waals surface area contributed by atoms with E-state index in [1.807, 2.05) is 20.8 Å². The van der Waals surface area contributed by atoms with E-state index in [0.717, 1.165) is 5.52 Å². The third-order valence-electron chi connectivity index (χ3n) is 3.06. The van der Waals surface area contributed by atoms with Gasteiger partial charge < -0.3 is 4.98 Å².